The third-order valence-electron chi connectivity index (χ3n) is 3.21. The third-order valence-corrected chi connectivity index (χ3v) is 5.10. The van der Waals surface area contributed by atoms with Gasteiger partial charge in [0.1, 0.15) is 0 Å². The van der Waals surface area contributed by atoms with Crippen LogP contribution in [0.15, 0.2) is 35.0 Å². The topological polar surface area (TPSA) is 32.3 Å². The lowest BCUT2D eigenvalue weighted by atomic mass is 10.1. The largest absolute Gasteiger partial charge is 0.393 e. The van der Waals surface area contributed by atoms with Crippen LogP contribution in [-0.4, -0.2) is 17.8 Å². The second-order valence-electron chi connectivity index (χ2n) is 4.66. The highest BCUT2D eigenvalue weighted by Crippen LogP contribution is 2.24. The predicted octanol–water partition coefficient (Wildman–Crippen LogP) is 3.84. The average Bonchev–Trinajstić information content (AvgIpc) is 3.10. The van der Waals surface area contributed by atoms with Gasteiger partial charge in [-0.15, -0.1) is 22.7 Å². The van der Waals surface area contributed by atoms with Gasteiger partial charge in [-0.1, -0.05) is 19.1 Å². The highest BCUT2D eigenvalue weighted by atomic mass is 32.1. The van der Waals surface area contributed by atoms with Crippen LogP contribution in [-0.2, 0) is 6.42 Å². The van der Waals surface area contributed by atoms with Gasteiger partial charge in [0, 0.05) is 22.2 Å². The first-order chi connectivity index (χ1) is 9.29. The summed E-state index contributed by atoms with van der Waals surface area (Å²) < 4.78 is 0. The summed E-state index contributed by atoms with van der Waals surface area (Å²) in [5.41, 5.74) is 0. The van der Waals surface area contributed by atoms with E-state index in [2.05, 4.69) is 40.3 Å². The van der Waals surface area contributed by atoms with Crippen LogP contribution >= 0.6 is 22.7 Å². The molecule has 2 heterocycles. The van der Waals surface area contributed by atoms with Gasteiger partial charge in [0.2, 0.25) is 0 Å². The van der Waals surface area contributed by atoms with E-state index in [0.29, 0.717) is 6.04 Å². The Morgan fingerprint density at radius 2 is 2.00 bits per heavy atom. The number of hydrogen-bond donors (Lipinski definition) is 2. The van der Waals surface area contributed by atoms with Gasteiger partial charge in [-0.25, -0.2) is 0 Å². The Bertz CT molecular complexity index is 439. The van der Waals surface area contributed by atoms with Crippen LogP contribution in [0.5, 0.6) is 0 Å². The molecule has 0 saturated heterocycles. The highest BCUT2D eigenvalue weighted by molar-refractivity contribution is 7.10. The summed E-state index contributed by atoms with van der Waals surface area (Å²) in [4.78, 5) is 2.78. The van der Waals surface area contributed by atoms with Gasteiger partial charge >= 0.3 is 0 Å². The van der Waals surface area contributed by atoms with Crippen molar-refractivity contribution >= 4 is 22.7 Å². The van der Waals surface area contributed by atoms with Crippen LogP contribution in [0, 0.1) is 0 Å². The van der Waals surface area contributed by atoms with Crippen LogP contribution in [0.3, 0.4) is 0 Å². The van der Waals surface area contributed by atoms with Gasteiger partial charge in [0.25, 0.3) is 0 Å². The summed E-state index contributed by atoms with van der Waals surface area (Å²) >= 11 is 3.61. The fourth-order valence-corrected chi connectivity index (χ4v) is 3.58. The number of nitrogens with one attached hydrogen (secondary N) is 1. The molecule has 2 aromatic rings. The lowest BCUT2D eigenvalue weighted by molar-refractivity contribution is 0.158. The minimum Gasteiger partial charge on any atom is -0.393 e. The lowest BCUT2D eigenvalue weighted by Crippen LogP contribution is -2.26. The van der Waals surface area contributed by atoms with Crippen molar-refractivity contribution in [2.24, 2.45) is 0 Å². The Morgan fingerprint density at radius 1 is 1.21 bits per heavy atom. The molecule has 0 saturated carbocycles. The first kappa shape index (κ1) is 14.7. The van der Waals surface area contributed by atoms with Crippen molar-refractivity contribution in [3.8, 4) is 0 Å². The monoisotopic (exact) mass is 295 g/mol. The molecule has 0 aliphatic carbocycles. The number of hydrogen-bond acceptors (Lipinski definition) is 4. The van der Waals surface area contributed by atoms with E-state index in [9.17, 15) is 5.11 Å². The summed E-state index contributed by atoms with van der Waals surface area (Å²) in [7, 11) is 0. The molecule has 2 unspecified atom stereocenters. The Labute approximate surface area is 123 Å². The molecule has 4 heteroatoms. The Kier molecular flexibility index (Phi) is 6.04. The maximum atomic E-state index is 9.62. The quantitative estimate of drug-likeness (QED) is 0.775. The van der Waals surface area contributed by atoms with E-state index in [4.69, 9.17) is 0 Å². The first-order valence-electron chi connectivity index (χ1n) is 6.76. The van der Waals surface area contributed by atoms with Crippen molar-refractivity contribution < 1.29 is 5.11 Å². The highest BCUT2D eigenvalue weighted by Gasteiger charge is 2.14. The average molecular weight is 295 g/mol. The zero-order valence-corrected chi connectivity index (χ0v) is 12.8. The van der Waals surface area contributed by atoms with Crippen molar-refractivity contribution in [1.29, 1.82) is 0 Å². The van der Waals surface area contributed by atoms with Crippen LogP contribution in [0.1, 0.15) is 35.6 Å². The minimum absolute atomic E-state index is 0.182. The van der Waals surface area contributed by atoms with E-state index in [-0.39, 0.29) is 6.10 Å². The summed E-state index contributed by atoms with van der Waals surface area (Å²) in [5, 5.41) is 17.5. The first-order valence-corrected chi connectivity index (χ1v) is 8.52. The molecule has 0 fully saturated rings. The zero-order valence-electron chi connectivity index (χ0n) is 11.2. The van der Waals surface area contributed by atoms with Gasteiger partial charge < -0.3 is 10.4 Å². The number of aliphatic hydroxyl groups excluding tert-OH is 1. The van der Waals surface area contributed by atoms with E-state index < -0.39 is 0 Å². The van der Waals surface area contributed by atoms with E-state index in [0.717, 1.165) is 25.8 Å². The Hall–Kier alpha value is -0.680. The lowest BCUT2D eigenvalue weighted by Gasteiger charge is -2.18. The van der Waals surface area contributed by atoms with Gasteiger partial charge in [0.05, 0.1) is 6.10 Å². The molecule has 2 N–H and O–H groups in total. The molecule has 0 radical (unpaired) electrons. The van der Waals surface area contributed by atoms with Crippen LogP contribution in [0.25, 0.3) is 0 Å². The van der Waals surface area contributed by atoms with Crippen molar-refractivity contribution in [3.05, 3.63) is 44.8 Å². The van der Waals surface area contributed by atoms with Gasteiger partial charge in [0.15, 0.2) is 0 Å². The van der Waals surface area contributed by atoms with E-state index in [1.807, 2.05) is 18.3 Å². The number of rotatable bonds is 8. The Morgan fingerprint density at radius 3 is 2.63 bits per heavy atom. The summed E-state index contributed by atoms with van der Waals surface area (Å²) in [6, 6.07) is 8.94. The van der Waals surface area contributed by atoms with Gasteiger partial charge in [-0.2, -0.15) is 0 Å². The third kappa shape index (κ3) is 4.73. The van der Waals surface area contributed by atoms with E-state index >= 15 is 0 Å². The van der Waals surface area contributed by atoms with E-state index in [1.54, 1.807) is 11.3 Å². The predicted molar refractivity (Wildman–Crippen MR) is 84.0 cm³/mol. The molecule has 2 aromatic heterocycles. The van der Waals surface area contributed by atoms with Gasteiger partial charge in [-0.3, -0.25) is 0 Å². The molecular weight excluding hydrogens is 274 g/mol. The maximum Gasteiger partial charge on any atom is 0.0549 e. The second kappa shape index (κ2) is 7.80. The molecule has 0 aliphatic rings. The fraction of sp³-hybridized carbons (Fsp3) is 0.467. The van der Waals surface area contributed by atoms with Crippen molar-refractivity contribution in [2.45, 2.75) is 38.3 Å². The number of aliphatic hydroxyl groups is 1. The molecule has 104 valence electrons. The minimum atomic E-state index is -0.182. The summed E-state index contributed by atoms with van der Waals surface area (Å²) in [5.74, 6) is 0. The molecule has 19 heavy (non-hydrogen) atoms. The zero-order chi connectivity index (χ0) is 13.5. The fourth-order valence-electron chi connectivity index (χ4n) is 2.02. The van der Waals surface area contributed by atoms with Crippen molar-refractivity contribution in [3.63, 3.8) is 0 Å². The van der Waals surface area contributed by atoms with E-state index in [1.165, 1.54) is 9.75 Å². The summed E-state index contributed by atoms with van der Waals surface area (Å²) in [6.45, 7) is 2.88. The Balaban J connectivity index is 1.91. The van der Waals surface area contributed by atoms with Crippen molar-refractivity contribution in [2.75, 3.05) is 6.54 Å². The molecule has 2 nitrogen and oxygen atoms in total. The molecule has 0 aromatic carbocycles. The number of thiophene rings is 2. The molecule has 0 aliphatic heterocycles. The smallest absolute Gasteiger partial charge is 0.0549 e. The van der Waals surface area contributed by atoms with Gasteiger partial charge in [-0.05, 0) is 42.3 Å². The molecule has 0 bridgehead atoms. The molecule has 2 rings (SSSR count). The molecule has 0 spiro atoms. The van der Waals surface area contributed by atoms with Crippen molar-refractivity contribution in [1.82, 2.24) is 5.32 Å². The van der Waals surface area contributed by atoms with Crippen LogP contribution in [0.2, 0.25) is 0 Å². The SMILES string of the molecule is CCC(O)CCNC(Cc1cccs1)c1cccs1. The molecule has 2 atom stereocenters. The van der Waals surface area contributed by atoms with Crippen LogP contribution < -0.4 is 5.32 Å². The normalized spacial score (nSPS) is 14.4. The maximum absolute atomic E-state index is 9.62. The standard InChI is InChI=1S/C15H21NOS2/c1-2-12(17)7-8-16-14(15-6-4-10-19-15)11-13-5-3-9-18-13/h3-6,9-10,12,14,16-17H,2,7-8,11H2,1H3. The summed E-state index contributed by atoms with van der Waals surface area (Å²) in [6.07, 6.45) is 2.50. The second-order valence-corrected chi connectivity index (χ2v) is 6.67. The molecule has 0 amide bonds. The van der Waals surface area contributed by atoms with Crippen LogP contribution in [0.4, 0.5) is 0 Å². The molecular formula is C15H21NOS2.